The van der Waals surface area contributed by atoms with Gasteiger partial charge in [0.15, 0.2) is 17.6 Å². The number of allylic oxidation sites excluding steroid dienone is 2. The van der Waals surface area contributed by atoms with Crippen LogP contribution < -0.4 is 9.47 Å². The van der Waals surface area contributed by atoms with Gasteiger partial charge >= 0.3 is 5.97 Å². The smallest absolute Gasteiger partial charge is 0.307 e. The van der Waals surface area contributed by atoms with Crippen LogP contribution in [0.5, 0.6) is 11.5 Å². The first kappa shape index (κ1) is 21.4. The minimum Gasteiger partial charge on any atom is -0.498 e. The lowest BCUT2D eigenvalue weighted by Crippen LogP contribution is -2.55. The summed E-state index contributed by atoms with van der Waals surface area (Å²) in [5.41, 5.74) is 2.85. The molecule has 3 heterocycles. The number of nitrogens with zero attached hydrogens (tertiary/aromatic N) is 1. The maximum Gasteiger partial charge on any atom is 0.307 e. The quantitative estimate of drug-likeness (QED) is 0.746. The molecule has 0 saturated heterocycles. The van der Waals surface area contributed by atoms with Gasteiger partial charge in [-0.1, -0.05) is 39.0 Å². The Labute approximate surface area is 192 Å². The summed E-state index contributed by atoms with van der Waals surface area (Å²) in [6.07, 6.45) is 2.16. The maximum absolute atomic E-state index is 13.6. The van der Waals surface area contributed by atoms with Crippen LogP contribution in [-0.2, 0) is 19.1 Å². The van der Waals surface area contributed by atoms with Crippen molar-refractivity contribution in [1.29, 1.82) is 0 Å². The van der Waals surface area contributed by atoms with E-state index in [1.807, 2.05) is 52.0 Å². The van der Waals surface area contributed by atoms with Gasteiger partial charge < -0.3 is 24.1 Å². The number of carbonyl (C=O) groups is 2. The van der Waals surface area contributed by atoms with Crippen molar-refractivity contribution in [2.75, 3.05) is 13.4 Å². The Morgan fingerprint density at radius 1 is 1.24 bits per heavy atom. The Kier molecular flexibility index (Phi) is 4.92. The fraction of sp³-hybridized carbons (Fsp3) is 0.440. The first-order valence-corrected chi connectivity index (χ1v) is 11.0. The summed E-state index contributed by atoms with van der Waals surface area (Å²) in [7, 11) is 0. The van der Waals surface area contributed by atoms with Gasteiger partial charge in [0.05, 0.1) is 30.3 Å². The van der Waals surface area contributed by atoms with Crippen molar-refractivity contribution in [3.05, 3.63) is 58.7 Å². The molecular weight excluding hydrogens is 426 g/mol. The number of para-hydroxylation sites is 1. The van der Waals surface area contributed by atoms with Crippen LogP contribution in [0.3, 0.4) is 0 Å². The van der Waals surface area contributed by atoms with Crippen molar-refractivity contribution < 1.29 is 33.6 Å². The fourth-order valence-corrected chi connectivity index (χ4v) is 4.84. The summed E-state index contributed by atoms with van der Waals surface area (Å²) >= 11 is 0. The summed E-state index contributed by atoms with van der Waals surface area (Å²) < 4.78 is 23.5. The van der Waals surface area contributed by atoms with Crippen molar-refractivity contribution in [2.24, 2.45) is 5.41 Å². The second-order valence-corrected chi connectivity index (χ2v) is 9.78. The second kappa shape index (κ2) is 7.57. The molecule has 1 aromatic carbocycles. The molecule has 0 aromatic heterocycles. The van der Waals surface area contributed by atoms with Crippen molar-refractivity contribution in [1.82, 2.24) is 4.90 Å². The third-order valence-corrected chi connectivity index (χ3v) is 6.52. The SMILES string of the molecule is CC1=C[C@@H](c2cccc3c2OCO3)C2=C3C1=COC[C@@H](C(C)(C)C)N3C(=O)[C@@H](CC(=O)O)O2. The van der Waals surface area contributed by atoms with Crippen LogP contribution in [0.1, 0.15) is 45.6 Å². The Bertz CT molecular complexity index is 1120. The van der Waals surface area contributed by atoms with E-state index in [1.54, 1.807) is 11.2 Å². The van der Waals surface area contributed by atoms with E-state index >= 15 is 0 Å². The van der Waals surface area contributed by atoms with Crippen molar-refractivity contribution in [3.63, 3.8) is 0 Å². The molecule has 1 aliphatic carbocycles. The summed E-state index contributed by atoms with van der Waals surface area (Å²) in [6.45, 7) is 8.52. The molecule has 1 aromatic rings. The van der Waals surface area contributed by atoms with E-state index in [0.29, 0.717) is 29.6 Å². The molecule has 0 unspecified atom stereocenters. The molecular formula is C25H27NO7. The van der Waals surface area contributed by atoms with E-state index in [2.05, 4.69) is 0 Å². The molecule has 0 bridgehead atoms. The van der Waals surface area contributed by atoms with Gasteiger partial charge in [-0.25, -0.2) is 0 Å². The predicted octanol–water partition coefficient (Wildman–Crippen LogP) is 3.70. The van der Waals surface area contributed by atoms with Crippen LogP contribution in [0.4, 0.5) is 0 Å². The van der Waals surface area contributed by atoms with E-state index in [0.717, 1.165) is 16.7 Å². The zero-order chi connectivity index (χ0) is 23.5. The molecule has 0 spiro atoms. The molecule has 174 valence electrons. The van der Waals surface area contributed by atoms with Gasteiger partial charge in [0, 0.05) is 11.1 Å². The molecule has 4 aliphatic rings. The number of carboxylic acids is 1. The third-order valence-electron chi connectivity index (χ3n) is 6.52. The molecule has 8 nitrogen and oxygen atoms in total. The van der Waals surface area contributed by atoms with Gasteiger partial charge in [-0.2, -0.15) is 0 Å². The van der Waals surface area contributed by atoms with Gasteiger partial charge in [0.1, 0.15) is 12.4 Å². The lowest BCUT2D eigenvalue weighted by Gasteiger charge is -2.46. The van der Waals surface area contributed by atoms with Crippen LogP contribution in [0.15, 0.2) is 53.1 Å². The summed E-state index contributed by atoms with van der Waals surface area (Å²) in [5, 5.41) is 9.49. The first-order valence-electron chi connectivity index (χ1n) is 11.0. The Balaban J connectivity index is 1.73. The minimum absolute atomic E-state index is 0.131. The molecule has 33 heavy (non-hydrogen) atoms. The zero-order valence-corrected chi connectivity index (χ0v) is 19.1. The molecule has 0 radical (unpaired) electrons. The minimum atomic E-state index is -1.13. The molecule has 3 atom stereocenters. The zero-order valence-electron chi connectivity index (χ0n) is 19.1. The number of hydrogen-bond acceptors (Lipinski definition) is 6. The molecule has 5 rings (SSSR count). The Morgan fingerprint density at radius 2 is 2.03 bits per heavy atom. The highest BCUT2D eigenvalue weighted by atomic mass is 16.7. The molecule has 1 amide bonds. The third kappa shape index (κ3) is 3.44. The highest BCUT2D eigenvalue weighted by Crippen LogP contribution is 2.50. The van der Waals surface area contributed by atoms with E-state index in [-0.39, 0.29) is 30.1 Å². The largest absolute Gasteiger partial charge is 0.498 e. The fourth-order valence-electron chi connectivity index (χ4n) is 4.84. The number of hydrogen-bond donors (Lipinski definition) is 1. The summed E-state index contributed by atoms with van der Waals surface area (Å²) in [5.74, 6) is -0.0261. The van der Waals surface area contributed by atoms with Crippen molar-refractivity contribution >= 4 is 11.9 Å². The number of benzene rings is 1. The molecule has 1 N–H and O–H groups in total. The van der Waals surface area contributed by atoms with Crippen LogP contribution in [-0.4, -0.2) is 47.4 Å². The second-order valence-electron chi connectivity index (χ2n) is 9.78. The highest BCUT2D eigenvalue weighted by Gasteiger charge is 2.49. The number of aliphatic carboxylic acids is 1. The van der Waals surface area contributed by atoms with Crippen LogP contribution in [0, 0.1) is 5.41 Å². The Hall–Kier alpha value is -3.42. The number of carboxylic acid groups (broad SMARTS) is 1. The van der Waals surface area contributed by atoms with E-state index in [4.69, 9.17) is 18.9 Å². The standard InChI is InChI=1S/C25H27NO7/c1-13-8-15(14-6-5-7-17-22(14)32-12-31-17)23-21-16(13)10-30-11-19(25(2,3)4)26(21)24(29)18(33-23)9-20(27)28/h5-8,10,15,18-19H,9,11-12H2,1-4H3,(H,27,28)/t15-,18+,19-/m0/s1. The number of ether oxygens (including phenoxy) is 4. The van der Waals surface area contributed by atoms with E-state index in [1.165, 1.54) is 0 Å². The van der Waals surface area contributed by atoms with Crippen LogP contribution in [0.25, 0.3) is 0 Å². The molecule has 0 saturated carbocycles. The van der Waals surface area contributed by atoms with E-state index in [9.17, 15) is 14.7 Å². The summed E-state index contributed by atoms with van der Waals surface area (Å²) in [6, 6.07) is 5.36. The van der Waals surface area contributed by atoms with Gasteiger partial charge in [-0.15, -0.1) is 0 Å². The topological polar surface area (TPSA) is 94.5 Å². The number of fused-ring (bicyclic) bond motifs is 1. The van der Waals surface area contributed by atoms with E-state index < -0.39 is 18.5 Å². The van der Waals surface area contributed by atoms with Gasteiger partial charge in [-0.3, -0.25) is 14.5 Å². The van der Waals surface area contributed by atoms with Crippen LogP contribution in [0.2, 0.25) is 0 Å². The number of amides is 1. The van der Waals surface area contributed by atoms with Crippen LogP contribution >= 0.6 is 0 Å². The average Bonchev–Trinajstić information content (AvgIpc) is 3.12. The molecule has 3 aliphatic heterocycles. The summed E-state index contributed by atoms with van der Waals surface area (Å²) in [4.78, 5) is 26.9. The monoisotopic (exact) mass is 453 g/mol. The molecule has 8 heteroatoms. The molecule has 0 fully saturated rings. The number of rotatable bonds is 3. The van der Waals surface area contributed by atoms with Gasteiger partial charge in [-0.05, 0) is 24.0 Å². The van der Waals surface area contributed by atoms with Crippen molar-refractivity contribution in [2.45, 2.75) is 52.2 Å². The average molecular weight is 453 g/mol. The predicted molar refractivity (Wildman–Crippen MR) is 117 cm³/mol. The normalized spacial score (nSPS) is 26.0. The van der Waals surface area contributed by atoms with Crippen molar-refractivity contribution in [3.8, 4) is 11.5 Å². The lowest BCUT2D eigenvalue weighted by atomic mass is 9.80. The van der Waals surface area contributed by atoms with Gasteiger partial charge in [0.25, 0.3) is 5.91 Å². The lowest BCUT2D eigenvalue weighted by molar-refractivity contribution is -0.155. The highest BCUT2D eigenvalue weighted by molar-refractivity contribution is 5.89. The maximum atomic E-state index is 13.6. The van der Waals surface area contributed by atoms with Gasteiger partial charge in [0.2, 0.25) is 6.79 Å². The first-order chi connectivity index (χ1) is 15.7. The Morgan fingerprint density at radius 3 is 2.76 bits per heavy atom. The number of carbonyl (C=O) groups excluding carboxylic acids is 1.